The van der Waals surface area contributed by atoms with E-state index < -0.39 is 0 Å². The lowest BCUT2D eigenvalue weighted by molar-refractivity contribution is 0.0582. The molecule has 0 saturated heterocycles. The molecule has 12 heterocycles. The number of carbonyl (C=O) groups excluding carboxylic acids is 4. The SMILES string of the molecule is COC(=O)c1c2c(c([C](c3c4c(c(CN(C)CCN(C)Cc5c6c(c([C](c7c8c(c(C(=O)OC)c9c7SC(C)(C)S9)SC(C)(C)S8)c7c8c(c(C(=O)OC)c9c7SC(C)(C)S9)SC(C)(C)S8)c7c5SC(C)(C)S7)SC(C)(C)S6)c5c3SC(C)(C)S5)SC(C)(C)S4)c3c4c(c(C(=O)OC)c5c3SC(C)(C)S5)SC(C)(C)S4)c3c1SC(C)(C)S3)SC(C)(C)S2. The average molecular weight is 2080 g/mol. The zero-order valence-corrected chi connectivity index (χ0v) is 93.4. The van der Waals surface area contributed by atoms with Gasteiger partial charge in [0, 0.05) is 144 Å². The van der Waals surface area contributed by atoms with E-state index in [2.05, 4.69) is 190 Å². The molecule has 652 valence electrons. The molecule has 2 radical (unpaired) electrons. The second-order valence-electron chi connectivity index (χ2n) is 37.0. The van der Waals surface area contributed by atoms with Crippen molar-refractivity contribution in [3.05, 3.63) is 78.6 Å². The van der Waals surface area contributed by atoms with Crippen LogP contribution in [0.15, 0.2) is 117 Å². The van der Waals surface area contributed by atoms with Crippen molar-refractivity contribution in [3.8, 4) is 0 Å². The molecule has 0 bridgehead atoms. The van der Waals surface area contributed by atoms with Gasteiger partial charge < -0.3 is 28.7 Å². The minimum atomic E-state index is -0.320. The van der Waals surface area contributed by atoms with E-state index in [0.29, 0.717) is 22.3 Å². The quantitative estimate of drug-likeness (QED) is 0.0490. The zero-order valence-electron chi connectivity index (χ0n) is 73.8. The third-order valence-corrected chi connectivity index (χ3v) is 55.5. The van der Waals surface area contributed by atoms with Gasteiger partial charge in [-0.25, -0.2) is 19.2 Å². The maximum Gasteiger partial charge on any atom is 0.340 e. The van der Waals surface area contributed by atoms with Crippen molar-refractivity contribution in [1.29, 1.82) is 0 Å². The molecule has 0 unspecified atom stereocenters. The lowest BCUT2D eigenvalue weighted by Crippen LogP contribution is -2.31. The van der Waals surface area contributed by atoms with Crippen molar-refractivity contribution < 1.29 is 38.1 Å². The molecule has 6 aromatic rings. The first-order chi connectivity index (χ1) is 56.5. The van der Waals surface area contributed by atoms with Gasteiger partial charge in [-0.2, -0.15) is 0 Å². The summed E-state index contributed by atoms with van der Waals surface area (Å²) < 4.78 is 19.8. The third kappa shape index (κ3) is 16.6. The molecule has 10 nitrogen and oxygen atoms in total. The predicted octanol–water partition coefficient (Wildman–Crippen LogP) is 31.6. The Morgan fingerprint density at radius 3 is 0.426 bits per heavy atom. The number of hydrogen-bond acceptors (Lipinski definition) is 34. The van der Waals surface area contributed by atoms with Crippen molar-refractivity contribution in [1.82, 2.24) is 9.80 Å². The summed E-state index contributed by atoms with van der Waals surface area (Å²) in [7, 11) is 10.8. The van der Waals surface area contributed by atoms with Gasteiger partial charge in [0.05, 0.1) is 111 Å². The Kier molecular flexibility index (Phi) is 24.7. The standard InChI is InChI=1S/C88H98N2O8S24/c1-77(2)99-49-35(50-54(104-78(3,4)100-50)39(53(49)103-77)37(41-57-65(115-81(9,10)107-57)45(73(91)95-27)66-58(41)108-82(11,12)116-66)42-59-67(117-83(13,14)109-59)46(74(92)96-28)68-60(42)110-84(15,16)118-68)33-89(25)31-32-90(26)34-36-51-55(105-79(5,6)101-51)40(56-52(36)102-80(7,8)106-56)38(43-61-69(119-85(17,18)111-61)47(75(93)97-29)70-62(43)112-86(19,20)120-70)44-63-71(121-87(21,22)113-63)48(76(94)98-30)72-64(44)114-88(23,24)122-72/h31-34H2,1-30H3. The largest absolute Gasteiger partial charge is 0.465 e. The smallest absolute Gasteiger partial charge is 0.340 e. The number of methoxy groups -OCH3 is 4. The van der Waals surface area contributed by atoms with Crippen LogP contribution in [-0.2, 0) is 32.0 Å². The van der Waals surface area contributed by atoms with Crippen molar-refractivity contribution >= 4 is 306 Å². The van der Waals surface area contributed by atoms with E-state index in [9.17, 15) is 19.2 Å². The van der Waals surface area contributed by atoms with Crippen LogP contribution in [0.3, 0.4) is 0 Å². The van der Waals surface area contributed by atoms with Gasteiger partial charge >= 0.3 is 23.9 Å². The fraction of sp³-hybridized carbons (Fsp3) is 0.523. The molecule has 0 spiro atoms. The highest BCUT2D eigenvalue weighted by Crippen LogP contribution is 2.79. The molecule has 122 heavy (non-hydrogen) atoms. The summed E-state index contributed by atoms with van der Waals surface area (Å²) in [5.41, 5.74) is 12.7. The molecule has 6 aromatic carbocycles. The maximum atomic E-state index is 14.8. The first-order valence-corrected chi connectivity index (χ1v) is 59.5. The van der Waals surface area contributed by atoms with E-state index in [4.69, 9.17) is 18.9 Å². The van der Waals surface area contributed by atoms with Crippen LogP contribution in [0.1, 0.15) is 252 Å². The summed E-state index contributed by atoms with van der Waals surface area (Å²) >= 11 is 45.5. The zero-order chi connectivity index (χ0) is 88.0. The number of nitrogens with zero attached hydrogens (tertiary/aromatic N) is 2. The Morgan fingerprint density at radius 2 is 0.303 bits per heavy atom. The van der Waals surface area contributed by atoms with Gasteiger partial charge in [-0.05, 0) is 225 Å². The molecule has 12 aliphatic heterocycles. The number of hydrogen-bond donors (Lipinski definition) is 0. The number of carbonyl (C=O) groups is 4. The van der Waals surface area contributed by atoms with Crippen LogP contribution < -0.4 is 0 Å². The fourth-order valence-electron chi connectivity index (χ4n) is 17.2. The Labute approximate surface area is 823 Å². The molecular weight excluding hydrogens is 1980 g/mol. The topological polar surface area (TPSA) is 112 Å². The van der Waals surface area contributed by atoms with Crippen molar-refractivity contribution in [2.45, 2.75) is 346 Å². The van der Waals surface area contributed by atoms with E-state index in [1.54, 1.807) is 94.1 Å². The highest BCUT2D eigenvalue weighted by molar-refractivity contribution is 8.26. The lowest BCUT2D eigenvalue weighted by atomic mass is 9.83. The number of benzene rings is 6. The number of thioether (sulfide) groups is 24. The molecule has 18 rings (SSSR count). The summed E-state index contributed by atoms with van der Waals surface area (Å²) in [5, 5.41) is 0. The molecule has 0 aromatic heterocycles. The Bertz CT molecular complexity index is 4860. The molecule has 34 heteroatoms. The monoisotopic (exact) mass is 2080 g/mol. The molecule has 0 atom stereocenters. The van der Waals surface area contributed by atoms with Crippen LogP contribution in [0, 0.1) is 11.8 Å². The minimum Gasteiger partial charge on any atom is -0.465 e. The molecule has 0 fully saturated rings. The van der Waals surface area contributed by atoms with Crippen molar-refractivity contribution in [2.24, 2.45) is 0 Å². The number of esters is 4. The van der Waals surface area contributed by atoms with Crippen LogP contribution in [0.25, 0.3) is 0 Å². The van der Waals surface area contributed by atoms with E-state index >= 15 is 0 Å². The van der Waals surface area contributed by atoms with Gasteiger partial charge in [0.1, 0.15) is 0 Å². The van der Waals surface area contributed by atoms with E-state index in [-0.39, 0.29) is 72.8 Å². The van der Waals surface area contributed by atoms with Gasteiger partial charge in [-0.3, -0.25) is 0 Å². The Hall–Kier alpha value is 1.52. The van der Waals surface area contributed by atoms with Crippen LogP contribution in [0.5, 0.6) is 0 Å². The number of ether oxygens (including phenoxy) is 4. The normalized spacial score (nSPS) is 22.4. The fourth-order valence-corrected chi connectivity index (χ4v) is 52.6. The molecule has 0 saturated carbocycles. The summed E-state index contributed by atoms with van der Waals surface area (Å²) in [6.07, 6.45) is 0. The number of rotatable bonds is 17. The second kappa shape index (κ2) is 32.1. The Balaban J connectivity index is 0.791. The number of likely N-dealkylation sites (N-methyl/N-ethyl adjacent to an activating group) is 2. The second-order valence-corrected chi connectivity index (χ2v) is 79.3. The van der Waals surface area contributed by atoms with Crippen LogP contribution in [0.4, 0.5) is 0 Å². The van der Waals surface area contributed by atoms with Gasteiger partial charge in [-0.1, -0.05) is 0 Å². The molecular formula is C88H98N2O8S24. The predicted molar refractivity (Wildman–Crippen MR) is 547 cm³/mol. The highest BCUT2D eigenvalue weighted by Gasteiger charge is 2.58. The van der Waals surface area contributed by atoms with Crippen LogP contribution in [-0.4, -0.2) is 138 Å². The average Bonchev–Trinajstić information content (AvgIpc) is 1.50. The van der Waals surface area contributed by atoms with Gasteiger partial charge in [0.2, 0.25) is 0 Å². The van der Waals surface area contributed by atoms with Gasteiger partial charge in [0.15, 0.2) is 0 Å². The molecule has 0 N–H and O–H groups in total. The Morgan fingerprint density at radius 1 is 0.197 bits per heavy atom. The van der Waals surface area contributed by atoms with Crippen LogP contribution >= 0.6 is 282 Å². The van der Waals surface area contributed by atoms with E-state index in [0.717, 1.165) is 105 Å². The van der Waals surface area contributed by atoms with Crippen molar-refractivity contribution in [3.63, 3.8) is 0 Å². The third-order valence-electron chi connectivity index (χ3n) is 21.2. The summed E-state index contributed by atoms with van der Waals surface area (Å²) in [5.74, 6) is 1.20. The summed E-state index contributed by atoms with van der Waals surface area (Å²) in [4.78, 5) is 91.8. The maximum absolute atomic E-state index is 14.8. The lowest BCUT2D eigenvalue weighted by Gasteiger charge is -2.32. The molecule has 12 aliphatic rings. The van der Waals surface area contributed by atoms with Crippen LogP contribution in [0.2, 0.25) is 0 Å². The van der Waals surface area contributed by atoms with Gasteiger partial charge in [0.25, 0.3) is 0 Å². The molecule has 0 amide bonds. The van der Waals surface area contributed by atoms with E-state index in [1.807, 2.05) is 188 Å². The van der Waals surface area contributed by atoms with Gasteiger partial charge in [-0.15, -0.1) is 282 Å². The first-order valence-electron chi connectivity index (χ1n) is 39.9. The summed E-state index contributed by atoms with van der Waals surface area (Å²) in [6.45, 7) is 59.1. The van der Waals surface area contributed by atoms with Crippen molar-refractivity contribution in [2.75, 3.05) is 55.6 Å². The molecule has 0 aliphatic carbocycles. The number of fused-ring (bicyclic) bond motifs is 12. The minimum absolute atomic E-state index is 0.242. The van der Waals surface area contributed by atoms with E-state index in [1.165, 1.54) is 124 Å². The first kappa shape index (κ1) is 93.9. The summed E-state index contributed by atoms with van der Waals surface area (Å²) in [6, 6.07) is 0. The highest BCUT2D eigenvalue weighted by atomic mass is 32.2.